The fraction of sp³-hybridized carbons (Fsp3) is 0.700. The van der Waals surface area contributed by atoms with Gasteiger partial charge in [0.15, 0.2) is 0 Å². The highest BCUT2D eigenvalue weighted by molar-refractivity contribution is 5.22. The minimum absolute atomic E-state index is 0.0110. The van der Waals surface area contributed by atoms with Gasteiger partial charge in [-0.1, -0.05) is 20.8 Å². The summed E-state index contributed by atoms with van der Waals surface area (Å²) >= 11 is 0. The lowest BCUT2D eigenvalue weighted by molar-refractivity contribution is 0.160. The van der Waals surface area contributed by atoms with Gasteiger partial charge in [0.25, 0.3) is 0 Å². The molecule has 0 bridgehead atoms. The molecular weight excluding hydrogens is 178 g/mol. The van der Waals surface area contributed by atoms with Crippen molar-refractivity contribution in [3.63, 3.8) is 0 Å². The second-order valence-electron chi connectivity index (χ2n) is 4.85. The first kappa shape index (κ1) is 9.68. The van der Waals surface area contributed by atoms with E-state index in [9.17, 15) is 5.11 Å². The molecule has 1 aliphatic heterocycles. The van der Waals surface area contributed by atoms with Crippen LogP contribution in [0.4, 0.5) is 0 Å². The molecule has 0 saturated heterocycles. The van der Waals surface area contributed by atoms with Crippen LogP contribution in [0, 0.1) is 0 Å². The Bertz CT molecular complexity index is 338. The van der Waals surface area contributed by atoms with Gasteiger partial charge in [-0.15, -0.1) is 0 Å². The lowest BCUT2D eigenvalue weighted by Gasteiger charge is -2.16. The van der Waals surface area contributed by atoms with Crippen molar-refractivity contribution in [3.05, 3.63) is 17.2 Å². The highest BCUT2D eigenvalue weighted by Crippen LogP contribution is 2.25. The molecule has 2 rings (SSSR count). The number of nitrogens with zero attached hydrogens (tertiary/aromatic N) is 1. The van der Waals surface area contributed by atoms with E-state index in [-0.39, 0.29) is 5.41 Å². The lowest BCUT2D eigenvalue weighted by Crippen LogP contribution is -2.27. The monoisotopic (exact) mass is 195 g/mol. The maximum absolute atomic E-state index is 9.70. The van der Waals surface area contributed by atoms with Crippen molar-refractivity contribution in [2.45, 2.75) is 38.8 Å². The molecule has 2 heterocycles. The van der Waals surface area contributed by atoms with Gasteiger partial charge in [-0.25, -0.2) is 4.98 Å². The van der Waals surface area contributed by atoms with Gasteiger partial charge in [0.2, 0.25) is 0 Å². The predicted octanol–water partition coefficient (Wildman–Crippen LogP) is 0.844. The van der Waals surface area contributed by atoms with Gasteiger partial charge in [-0.2, -0.15) is 0 Å². The Morgan fingerprint density at radius 1 is 1.43 bits per heavy atom. The van der Waals surface area contributed by atoms with Crippen LogP contribution in [0.5, 0.6) is 0 Å². The number of hydrogen-bond acceptors (Lipinski definition) is 3. The van der Waals surface area contributed by atoms with Crippen molar-refractivity contribution in [2.75, 3.05) is 6.54 Å². The van der Waals surface area contributed by atoms with Crippen molar-refractivity contribution < 1.29 is 5.11 Å². The number of rotatable bonds is 0. The number of nitrogens with one attached hydrogen (secondary N) is 2. The summed E-state index contributed by atoms with van der Waals surface area (Å²) in [6.07, 6.45) is -0.467. The van der Waals surface area contributed by atoms with E-state index in [2.05, 4.69) is 36.1 Å². The number of aliphatic hydroxyl groups excluding tert-OH is 1. The maximum Gasteiger partial charge on any atom is 0.112 e. The molecule has 0 amide bonds. The van der Waals surface area contributed by atoms with Crippen LogP contribution in [-0.4, -0.2) is 21.6 Å². The third-order valence-electron chi connectivity index (χ3n) is 2.48. The minimum atomic E-state index is -0.467. The van der Waals surface area contributed by atoms with Crippen LogP contribution in [0.3, 0.4) is 0 Å². The Hall–Kier alpha value is -0.870. The van der Waals surface area contributed by atoms with Gasteiger partial charge >= 0.3 is 0 Å². The smallest absolute Gasteiger partial charge is 0.112 e. The van der Waals surface area contributed by atoms with Gasteiger partial charge in [0.05, 0.1) is 11.4 Å². The minimum Gasteiger partial charge on any atom is -0.385 e. The Balaban J connectivity index is 2.40. The molecule has 1 atom stereocenters. The number of aromatic amines is 1. The maximum atomic E-state index is 9.70. The van der Waals surface area contributed by atoms with Crippen molar-refractivity contribution in [1.82, 2.24) is 15.3 Å². The van der Waals surface area contributed by atoms with E-state index >= 15 is 0 Å². The Morgan fingerprint density at radius 3 is 2.71 bits per heavy atom. The Kier molecular flexibility index (Phi) is 2.12. The zero-order chi connectivity index (χ0) is 10.3. The van der Waals surface area contributed by atoms with Gasteiger partial charge in [-0.05, 0) is 0 Å². The van der Waals surface area contributed by atoms with E-state index < -0.39 is 6.10 Å². The molecule has 1 unspecified atom stereocenters. The molecule has 0 spiro atoms. The van der Waals surface area contributed by atoms with Gasteiger partial charge in [-0.3, -0.25) is 0 Å². The zero-order valence-electron chi connectivity index (χ0n) is 8.89. The van der Waals surface area contributed by atoms with Crippen molar-refractivity contribution in [1.29, 1.82) is 0 Å². The fourth-order valence-corrected chi connectivity index (χ4v) is 1.62. The molecule has 0 fully saturated rings. The van der Waals surface area contributed by atoms with E-state index in [1.165, 1.54) is 0 Å². The summed E-state index contributed by atoms with van der Waals surface area (Å²) in [5.41, 5.74) is 1.85. The third-order valence-corrected chi connectivity index (χ3v) is 2.48. The van der Waals surface area contributed by atoms with Crippen molar-refractivity contribution in [3.8, 4) is 0 Å². The summed E-state index contributed by atoms with van der Waals surface area (Å²) in [7, 11) is 0. The van der Waals surface area contributed by atoms with E-state index in [1.54, 1.807) is 0 Å². The van der Waals surface area contributed by atoms with Crippen LogP contribution in [0.1, 0.15) is 44.1 Å². The number of fused-ring (bicyclic) bond motifs is 1. The quantitative estimate of drug-likeness (QED) is 0.575. The normalized spacial score (nSPS) is 22.1. The number of hydrogen-bond donors (Lipinski definition) is 3. The second-order valence-corrected chi connectivity index (χ2v) is 4.85. The SMILES string of the molecule is CC(C)(C)c1nc2c([nH]1)CNCC2O. The molecule has 0 aromatic carbocycles. The van der Waals surface area contributed by atoms with Gasteiger partial charge < -0.3 is 15.4 Å². The van der Waals surface area contributed by atoms with Gasteiger partial charge in [0, 0.05) is 18.5 Å². The number of aliphatic hydroxyl groups is 1. The van der Waals surface area contributed by atoms with E-state index in [0.717, 1.165) is 23.8 Å². The highest BCUT2D eigenvalue weighted by Gasteiger charge is 2.26. The number of imidazole rings is 1. The highest BCUT2D eigenvalue weighted by atomic mass is 16.3. The summed E-state index contributed by atoms with van der Waals surface area (Å²) in [5.74, 6) is 0.949. The first-order valence-corrected chi connectivity index (χ1v) is 4.96. The van der Waals surface area contributed by atoms with Crippen LogP contribution in [0.2, 0.25) is 0 Å². The average Bonchev–Trinajstić information content (AvgIpc) is 2.48. The van der Waals surface area contributed by atoms with E-state index in [1.807, 2.05) is 0 Å². The average molecular weight is 195 g/mol. The van der Waals surface area contributed by atoms with Crippen LogP contribution < -0.4 is 5.32 Å². The number of aromatic nitrogens is 2. The summed E-state index contributed by atoms with van der Waals surface area (Å²) < 4.78 is 0. The first-order valence-electron chi connectivity index (χ1n) is 4.96. The molecule has 0 saturated carbocycles. The number of β-amino-alcohol motifs (C(OH)–C–C–N with tert-alkyl or cyclic N) is 1. The van der Waals surface area contributed by atoms with Crippen LogP contribution in [-0.2, 0) is 12.0 Å². The molecule has 3 N–H and O–H groups in total. The van der Waals surface area contributed by atoms with E-state index in [0.29, 0.717) is 6.54 Å². The predicted molar refractivity (Wildman–Crippen MR) is 54.0 cm³/mol. The second kappa shape index (κ2) is 3.07. The zero-order valence-corrected chi connectivity index (χ0v) is 8.89. The summed E-state index contributed by atoms with van der Waals surface area (Å²) in [6, 6.07) is 0. The molecule has 1 aromatic heterocycles. The summed E-state index contributed by atoms with van der Waals surface area (Å²) in [4.78, 5) is 7.73. The molecule has 0 aliphatic carbocycles. The largest absolute Gasteiger partial charge is 0.385 e. The summed E-state index contributed by atoms with van der Waals surface area (Å²) in [5, 5.41) is 12.8. The topological polar surface area (TPSA) is 60.9 Å². The first-order chi connectivity index (χ1) is 6.48. The third kappa shape index (κ3) is 1.55. The van der Waals surface area contributed by atoms with Crippen molar-refractivity contribution in [2.24, 2.45) is 0 Å². The van der Waals surface area contributed by atoms with E-state index in [4.69, 9.17) is 0 Å². The van der Waals surface area contributed by atoms with Crippen LogP contribution >= 0.6 is 0 Å². The molecule has 0 radical (unpaired) electrons. The molecular formula is C10H17N3O. The van der Waals surface area contributed by atoms with Crippen molar-refractivity contribution >= 4 is 0 Å². The Labute approximate surface area is 83.8 Å². The fourth-order valence-electron chi connectivity index (χ4n) is 1.62. The molecule has 1 aliphatic rings. The lowest BCUT2D eigenvalue weighted by atomic mass is 9.96. The van der Waals surface area contributed by atoms with Crippen LogP contribution in [0.15, 0.2) is 0 Å². The number of H-pyrrole nitrogens is 1. The molecule has 14 heavy (non-hydrogen) atoms. The molecule has 1 aromatic rings. The standard InChI is InChI=1S/C10H17N3O/c1-10(2,3)9-12-6-4-11-5-7(14)8(6)13-9/h7,11,14H,4-5H2,1-3H3,(H,12,13). The molecule has 4 nitrogen and oxygen atoms in total. The summed E-state index contributed by atoms with van der Waals surface area (Å²) in [6.45, 7) is 7.70. The molecule has 4 heteroatoms. The Morgan fingerprint density at radius 2 is 2.14 bits per heavy atom. The van der Waals surface area contributed by atoms with Crippen LogP contribution in [0.25, 0.3) is 0 Å². The van der Waals surface area contributed by atoms with Gasteiger partial charge in [0.1, 0.15) is 11.9 Å². The molecule has 78 valence electrons.